The number of carbonyl (C=O) groups is 2. The Morgan fingerprint density at radius 3 is 2.75 bits per heavy atom. The van der Waals surface area contributed by atoms with Crippen molar-refractivity contribution >= 4 is 28.9 Å². The molecule has 0 aliphatic carbocycles. The minimum atomic E-state index is -0.614. The van der Waals surface area contributed by atoms with E-state index in [1.807, 2.05) is 23.1 Å². The van der Waals surface area contributed by atoms with E-state index in [2.05, 4.69) is 10.6 Å². The molecule has 0 atom stereocenters. The number of rotatable bonds is 4. The second kappa shape index (κ2) is 7.52. The number of ether oxygens (including phenoxy) is 1. The van der Waals surface area contributed by atoms with Crippen LogP contribution >= 0.6 is 0 Å². The van der Waals surface area contributed by atoms with Crippen LogP contribution in [0.4, 0.5) is 17.1 Å². The summed E-state index contributed by atoms with van der Waals surface area (Å²) in [5.41, 5.74) is 9.01. The summed E-state index contributed by atoms with van der Waals surface area (Å²) in [6.45, 7) is 1.36. The molecule has 9 nitrogen and oxygen atoms in total. The van der Waals surface area contributed by atoms with Crippen LogP contribution in [0.3, 0.4) is 0 Å². The van der Waals surface area contributed by atoms with Crippen molar-refractivity contribution in [3.05, 3.63) is 79.1 Å². The van der Waals surface area contributed by atoms with Crippen molar-refractivity contribution in [2.45, 2.75) is 19.5 Å². The molecular weight excluding hydrogens is 412 g/mol. The van der Waals surface area contributed by atoms with Gasteiger partial charge in [-0.25, -0.2) is 0 Å². The Labute approximate surface area is 182 Å². The van der Waals surface area contributed by atoms with Gasteiger partial charge in [-0.15, -0.1) is 0 Å². The summed E-state index contributed by atoms with van der Waals surface area (Å²) in [7, 11) is 0. The van der Waals surface area contributed by atoms with Crippen molar-refractivity contribution in [1.29, 1.82) is 0 Å². The average molecular weight is 432 g/mol. The summed E-state index contributed by atoms with van der Waals surface area (Å²) in [5.74, 6) is -0.0270. The molecule has 0 bridgehead atoms. The largest absolute Gasteiger partial charge is 0.482 e. The molecule has 2 aliphatic rings. The maximum absolute atomic E-state index is 12.6. The fraction of sp³-hybridized carbons (Fsp3) is 0.217. The predicted octanol–water partition coefficient (Wildman–Crippen LogP) is 0.688. The van der Waals surface area contributed by atoms with Crippen LogP contribution in [0, 0.1) is 0 Å². The summed E-state index contributed by atoms with van der Waals surface area (Å²) in [6.07, 6.45) is 0.742. The highest BCUT2D eigenvalue weighted by Crippen LogP contribution is 2.29. The highest BCUT2D eigenvalue weighted by atomic mass is 16.5. The number of hydrogen-bond acceptors (Lipinski definition) is 7. The van der Waals surface area contributed by atoms with Crippen LogP contribution in [0.25, 0.3) is 0 Å². The van der Waals surface area contributed by atoms with Crippen molar-refractivity contribution in [2.24, 2.45) is 0 Å². The average Bonchev–Trinajstić information content (AvgIpc) is 2.81. The topological polar surface area (TPSA) is 131 Å². The third-order valence-corrected chi connectivity index (χ3v) is 5.85. The first-order valence-corrected chi connectivity index (χ1v) is 10.2. The van der Waals surface area contributed by atoms with Crippen LogP contribution in [0.15, 0.2) is 46.0 Å². The first kappa shape index (κ1) is 19.8. The Hall–Kier alpha value is -4.14. The zero-order valence-electron chi connectivity index (χ0n) is 17.1. The normalized spacial score (nSPS) is 14.9. The number of hydrogen-bond donors (Lipinski definition) is 3. The smallest absolute Gasteiger partial charge is 0.262 e. The van der Waals surface area contributed by atoms with Crippen LogP contribution in [-0.2, 0) is 24.3 Å². The molecule has 32 heavy (non-hydrogen) atoms. The number of benzene rings is 2. The third kappa shape index (κ3) is 3.37. The van der Waals surface area contributed by atoms with E-state index < -0.39 is 10.9 Å². The maximum atomic E-state index is 12.6. The van der Waals surface area contributed by atoms with Crippen LogP contribution in [0.2, 0.25) is 0 Å². The van der Waals surface area contributed by atoms with Crippen LogP contribution in [0.5, 0.6) is 5.75 Å². The second-order valence-corrected chi connectivity index (χ2v) is 7.93. The molecule has 2 aliphatic heterocycles. The fourth-order valence-corrected chi connectivity index (χ4v) is 4.12. The van der Waals surface area contributed by atoms with Crippen molar-refractivity contribution in [2.75, 3.05) is 29.1 Å². The SMILES string of the molecule is Nc1c(N2CCc3ccc(CNC(=O)c4ccc5c(c4)OCC(=O)N5)cc3C2)c(=O)c1=O. The van der Waals surface area contributed by atoms with Crippen molar-refractivity contribution in [3.8, 4) is 5.75 Å². The summed E-state index contributed by atoms with van der Waals surface area (Å²) >= 11 is 0. The van der Waals surface area contributed by atoms with Gasteiger partial charge in [0.25, 0.3) is 22.7 Å². The molecule has 2 amide bonds. The second-order valence-electron chi connectivity index (χ2n) is 7.93. The number of nitrogen functional groups attached to an aromatic ring is 1. The molecule has 0 aromatic heterocycles. The van der Waals surface area contributed by atoms with Crippen molar-refractivity contribution in [3.63, 3.8) is 0 Å². The molecule has 0 saturated carbocycles. The fourth-order valence-electron chi connectivity index (χ4n) is 4.12. The van der Waals surface area contributed by atoms with Crippen molar-refractivity contribution < 1.29 is 14.3 Å². The molecule has 2 heterocycles. The van der Waals surface area contributed by atoms with E-state index >= 15 is 0 Å². The van der Waals surface area contributed by atoms with E-state index in [-0.39, 0.29) is 24.1 Å². The standard InChI is InChI=1S/C23H20N4O5/c24-19-20(22(30)21(19)29)27-6-5-13-2-1-12(7-15(13)10-27)9-25-23(31)14-3-4-16-17(8-14)32-11-18(28)26-16/h1-4,7-8H,5-6,9-11,24H2,(H,25,31)(H,26,28). The summed E-state index contributed by atoms with van der Waals surface area (Å²) in [6, 6.07) is 10.9. The zero-order chi connectivity index (χ0) is 22.4. The molecule has 3 aromatic rings. The lowest BCUT2D eigenvalue weighted by Crippen LogP contribution is -2.44. The molecular formula is C23H20N4O5. The Morgan fingerprint density at radius 1 is 1.09 bits per heavy atom. The lowest BCUT2D eigenvalue weighted by Gasteiger charge is -2.32. The Balaban J connectivity index is 1.27. The van der Waals surface area contributed by atoms with Gasteiger partial charge in [-0.05, 0) is 41.3 Å². The van der Waals surface area contributed by atoms with E-state index in [1.165, 1.54) is 5.56 Å². The molecule has 0 spiro atoms. The number of nitrogens with one attached hydrogen (secondary N) is 2. The molecule has 9 heteroatoms. The number of nitrogens with zero attached hydrogens (tertiary/aromatic N) is 1. The molecule has 162 valence electrons. The van der Waals surface area contributed by atoms with E-state index in [9.17, 15) is 19.2 Å². The molecule has 0 radical (unpaired) electrons. The predicted molar refractivity (Wildman–Crippen MR) is 119 cm³/mol. The lowest BCUT2D eigenvalue weighted by atomic mass is 9.96. The zero-order valence-corrected chi connectivity index (χ0v) is 17.1. The van der Waals surface area contributed by atoms with Crippen molar-refractivity contribution in [1.82, 2.24) is 5.32 Å². The minimum Gasteiger partial charge on any atom is -0.482 e. The van der Waals surface area contributed by atoms with E-state index in [0.29, 0.717) is 42.3 Å². The number of carbonyl (C=O) groups excluding carboxylic acids is 2. The van der Waals surface area contributed by atoms with Gasteiger partial charge in [-0.3, -0.25) is 19.2 Å². The Kier molecular flexibility index (Phi) is 4.66. The van der Waals surface area contributed by atoms with Gasteiger partial charge < -0.3 is 26.0 Å². The van der Waals surface area contributed by atoms with Gasteiger partial charge in [-0.1, -0.05) is 18.2 Å². The minimum absolute atomic E-state index is 0.0375. The van der Waals surface area contributed by atoms with Gasteiger partial charge >= 0.3 is 0 Å². The number of anilines is 3. The molecule has 3 aromatic carbocycles. The number of amides is 2. The lowest BCUT2D eigenvalue weighted by molar-refractivity contribution is -0.118. The maximum Gasteiger partial charge on any atom is 0.262 e. The third-order valence-electron chi connectivity index (χ3n) is 5.85. The highest BCUT2D eigenvalue weighted by molar-refractivity contribution is 5.99. The van der Waals surface area contributed by atoms with Gasteiger partial charge in [0.1, 0.15) is 17.1 Å². The monoisotopic (exact) mass is 432 g/mol. The van der Waals surface area contributed by atoms with Crippen LogP contribution in [-0.4, -0.2) is 25.0 Å². The Bertz CT molecular complexity index is 1340. The summed E-state index contributed by atoms with van der Waals surface area (Å²) in [4.78, 5) is 49.1. The van der Waals surface area contributed by atoms with Gasteiger partial charge in [0.05, 0.1) is 5.69 Å². The van der Waals surface area contributed by atoms with Gasteiger partial charge in [0.2, 0.25) is 0 Å². The highest BCUT2D eigenvalue weighted by Gasteiger charge is 2.27. The van der Waals surface area contributed by atoms with Crippen LogP contribution in [0.1, 0.15) is 27.0 Å². The molecule has 0 unspecified atom stereocenters. The number of fused-ring (bicyclic) bond motifs is 2. The first-order chi connectivity index (χ1) is 15.4. The molecule has 0 saturated heterocycles. The Morgan fingerprint density at radius 2 is 1.94 bits per heavy atom. The summed E-state index contributed by atoms with van der Waals surface area (Å²) in [5, 5.41) is 5.58. The van der Waals surface area contributed by atoms with E-state index in [4.69, 9.17) is 10.5 Å². The first-order valence-electron chi connectivity index (χ1n) is 10.2. The van der Waals surface area contributed by atoms with E-state index in [0.717, 1.165) is 17.5 Å². The van der Waals surface area contributed by atoms with Gasteiger partial charge in [-0.2, -0.15) is 0 Å². The van der Waals surface area contributed by atoms with Crippen LogP contribution < -0.4 is 36.9 Å². The molecule has 4 N–H and O–H groups in total. The van der Waals surface area contributed by atoms with Gasteiger partial charge in [0.15, 0.2) is 6.61 Å². The number of nitrogens with two attached hydrogens (primary N) is 1. The molecule has 0 fully saturated rings. The molecule has 5 rings (SSSR count). The quantitative estimate of drug-likeness (QED) is 0.517. The summed E-state index contributed by atoms with van der Waals surface area (Å²) < 4.78 is 5.36. The van der Waals surface area contributed by atoms with E-state index in [1.54, 1.807) is 18.2 Å². The van der Waals surface area contributed by atoms with Gasteiger partial charge in [0, 0.05) is 25.2 Å².